The van der Waals surface area contributed by atoms with Gasteiger partial charge >= 0.3 is 11.9 Å². The van der Waals surface area contributed by atoms with Crippen molar-refractivity contribution in [2.45, 2.75) is 31.0 Å². The first-order valence-corrected chi connectivity index (χ1v) is 9.12. The lowest BCUT2D eigenvalue weighted by Crippen LogP contribution is -2.55. The zero-order valence-electron chi connectivity index (χ0n) is 15.2. The molecule has 0 radical (unpaired) electrons. The van der Waals surface area contributed by atoms with Crippen LogP contribution in [0, 0.1) is 0 Å². The maximum atomic E-state index is 12.3. The zero-order chi connectivity index (χ0) is 22.0. The molecule has 11 nitrogen and oxygen atoms in total. The fourth-order valence-corrected chi connectivity index (χ4v) is 2.68. The van der Waals surface area contributed by atoms with Crippen LogP contribution in [-0.4, -0.2) is 63.2 Å². The summed E-state index contributed by atoms with van der Waals surface area (Å²) in [5, 5.41) is 21.2. The van der Waals surface area contributed by atoms with Crippen molar-refractivity contribution in [3.63, 3.8) is 0 Å². The lowest BCUT2D eigenvalue weighted by Gasteiger charge is -2.23. The van der Waals surface area contributed by atoms with Crippen molar-refractivity contribution < 1.29 is 34.2 Å². The minimum Gasteiger partial charge on any atom is -0.473 e. The number of benzene rings is 1. The average Bonchev–Trinajstić information content (AvgIpc) is 3.12. The first-order chi connectivity index (χ1) is 13.6. The Morgan fingerprint density at radius 3 is 2.24 bits per heavy atom. The van der Waals surface area contributed by atoms with Gasteiger partial charge in [0.1, 0.15) is 10.7 Å². The van der Waals surface area contributed by atoms with Gasteiger partial charge in [0.05, 0.1) is 12.6 Å². The Balaban J connectivity index is 0.000000612. The Labute approximate surface area is 174 Å². The summed E-state index contributed by atoms with van der Waals surface area (Å²) in [5.41, 5.74) is 12.3. The topological polar surface area (TPSA) is 194 Å². The number of aliphatic carboxylic acids is 2. The molecule has 3 atom stereocenters. The van der Waals surface area contributed by atoms with E-state index >= 15 is 0 Å². The van der Waals surface area contributed by atoms with E-state index in [1.807, 2.05) is 30.3 Å². The van der Waals surface area contributed by atoms with Crippen molar-refractivity contribution in [1.29, 1.82) is 0 Å². The van der Waals surface area contributed by atoms with Gasteiger partial charge in [-0.05, 0) is 27.9 Å². The second kappa shape index (κ2) is 11.9. The van der Waals surface area contributed by atoms with Crippen LogP contribution in [0.5, 0.6) is 0 Å². The predicted molar refractivity (Wildman–Crippen MR) is 105 cm³/mol. The van der Waals surface area contributed by atoms with Crippen LogP contribution >= 0.6 is 15.9 Å². The van der Waals surface area contributed by atoms with E-state index in [2.05, 4.69) is 26.4 Å². The van der Waals surface area contributed by atoms with Crippen LogP contribution in [0.2, 0.25) is 0 Å². The number of carbonyl (C=O) groups is 4. The molecular formula is C17H21BrN4O7. The second-order valence-electron chi connectivity index (χ2n) is 5.88. The van der Waals surface area contributed by atoms with Crippen LogP contribution in [-0.2, 0) is 30.4 Å². The lowest BCUT2D eigenvalue weighted by molar-refractivity contribution is -0.159. The van der Waals surface area contributed by atoms with E-state index in [1.165, 1.54) is 0 Å². The summed E-state index contributed by atoms with van der Waals surface area (Å²) in [4.78, 5) is 47.6. The van der Waals surface area contributed by atoms with Gasteiger partial charge in [0.15, 0.2) is 11.9 Å². The number of hydrogen-bond donors (Lipinski definition) is 5. The number of nitrogens with two attached hydrogens (primary N) is 2. The molecule has 29 heavy (non-hydrogen) atoms. The van der Waals surface area contributed by atoms with Gasteiger partial charge in [-0.3, -0.25) is 9.59 Å². The molecule has 0 fully saturated rings. The number of amides is 1. The fraction of sp³-hybridized carbons (Fsp3) is 0.353. The first kappa shape index (κ1) is 24.2. The number of halogens is 1. The van der Waals surface area contributed by atoms with Gasteiger partial charge in [-0.2, -0.15) is 0 Å². The molecule has 0 saturated heterocycles. The molecule has 0 aliphatic carbocycles. The van der Waals surface area contributed by atoms with Crippen molar-refractivity contribution in [3.8, 4) is 0 Å². The van der Waals surface area contributed by atoms with Gasteiger partial charge in [-0.15, -0.1) is 0 Å². The first-order valence-electron chi connectivity index (χ1n) is 8.32. The van der Waals surface area contributed by atoms with E-state index in [0.717, 1.165) is 5.56 Å². The van der Waals surface area contributed by atoms with Gasteiger partial charge < -0.3 is 31.8 Å². The molecule has 1 aliphatic heterocycles. The summed E-state index contributed by atoms with van der Waals surface area (Å²) in [6.45, 7) is -0.198. The molecule has 0 saturated carbocycles. The molecule has 2 rings (SSSR count). The number of carbonyl (C=O) groups excluding carboxylic acids is 2. The Morgan fingerprint density at radius 2 is 1.79 bits per heavy atom. The standard InChI is InChI=1S/C15H19BrN4O3.C2H2O4/c16-13-7-12(23-20-13)14(11(21)8-17)19-15(22)10(18)6-9-4-2-1-3-5-9;3-1(4)2(5)6/h1-5,10,12,14H,6-8,17-18H2,(H,19,22);(H,3,4)(H,5,6)/t10-,12?,14?;/m0./s1. The highest BCUT2D eigenvalue weighted by Crippen LogP contribution is 2.18. The summed E-state index contributed by atoms with van der Waals surface area (Å²) in [5.74, 6) is -4.40. The smallest absolute Gasteiger partial charge is 0.414 e. The van der Waals surface area contributed by atoms with Crippen LogP contribution in [0.1, 0.15) is 12.0 Å². The molecule has 0 spiro atoms. The predicted octanol–water partition coefficient (Wildman–Crippen LogP) is -0.778. The molecule has 1 aromatic carbocycles. The second-order valence-corrected chi connectivity index (χ2v) is 6.79. The van der Waals surface area contributed by atoms with E-state index < -0.39 is 36.0 Å². The SMILES string of the molecule is NCC(=O)C(NC(=O)[C@@H](N)Cc1ccccc1)C1CC(Br)=NO1.O=C(O)C(=O)O. The maximum Gasteiger partial charge on any atom is 0.414 e. The number of carboxylic acids is 2. The number of nitrogens with one attached hydrogen (secondary N) is 1. The highest BCUT2D eigenvalue weighted by Gasteiger charge is 2.35. The van der Waals surface area contributed by atoms with Crippen molar-refractivity contribution in [2.75, 3.05) is 6.54 Å². The third kappa shape index (κ3) is 8.37. The zero-order valence-corrected chi connectivity index (χ0v) is 16.7. The molecule has 7 N–H and O–H groups in total. The molecule has 1 aromatic rings. The van der Waals surface area contributed by atoms with Gasteiger partial charge in [-0.1, -0.05) is 35.5 Å². The summed E-state index contributed by atoms with van der Waals surface area (Å²) < 4.78 is 0.583. The molecule has 158 valence electrons. The lowest BCUT2D eigenvalue weighted by atomic mass is 10.0. The van der Waals surface area contributed by atoms with E-state index in [0.29, 0.717) is 17.5 Å². The van der Waals surface area contributed by atoms with E-state index in [-0.39, 0.29) is 12.3 Å². The summed E-state index contributed by atoms with van der Waals surface area (Å²) >= 11 is 3.20. The number of Topliss-reactive ketones (excluding diaryl/α,β-unsaturated/α-hetero) is 1. The largest absolute Gasteiger partial charge is 0.473 e. The van der Waals surface area contributed by atoms with Crippen LogP contribution in [0.15, 0.2) is 35.5 Å². The van der Waals surface area contributed by atoms with E-state index in [9.17, 15) is 9.59 Å². The molecule has 1 amide bonds. The molecule has 0 bridgehead atoms. The van der Waals surface area contributed by atoms with Gasteiger partial charge in [0, 0.05) is 6.42 Å². The van der Waals surface area contributed by atoms with E-state index in [4.69, 9.17) is 36.1 Å². The highest BCUT2D eigenvalue weighted by atomic mass is 79.9. The number of ketones is 1. The van der Waals surface area contributed by atoms with Crippen molar-refractivity contribution in [1.82, 2.24) is 5.32 Å². The Bertz CT molecular complexity index is 760. The number of carboxylic acid groups (broad SMARTS) is 2. The fourth-order valence-electron chi connectivity index (χ4n) is 2.27. The molecule has 1 heterocycles. The average molecular weight is 473 g/mol. The van der Waals surface area contributed by atoms with Crippen LogP contribution < -0.4 is 16.8 Å². The molecule has 2 unspecified atom stereocenters. The van der Waals surface area contributed by atoms with Gasteiger partial charge in [-0.25, -0.2) is 9.59 Å². The van der Waals surface area contributed by atoms with Gasteiger partial charge in [0.2, 0.25) is 5.91 Å². The molecular weight excluding hydrogens is 452 g/mol. The summed E-state index contributed by atoms with van der Waals surface area (Å²) in [6, 6.07) is 7.79. The molecule has 0 aromatic heterocycles. The number of hydrogen-bond acceptors (Lipinski definition) is 8. The minimum atomic E-state index is -1.82. The summed E-state index contributed by atoms with van der Waals surface area (Å²) in [7, 11) is 0. The third-order valence-corrected chi connectivity index (χ3v) is 4.16. The normalized spacial score (nSPS) is 16.9. The molecule has 1 aliphatic rings. The van der Waals surface area contributed by atoms with Crippen LogP contribution in [0.4, 0.5) is 0 Å². The highest BCUT2D eigenvalue weighted by molar-refractivity contribution is 9.18. The number of oxime groups is 1. The Kier molecular flexibility index (Phi) is 9.92. The number of nitrogens with zero attached hydrogens (tertiary/aromatic N) is 1. The summed E-state index contributed by atoms with van der Waals surface area (Å²) in [6.07, 6.45) is 0.195. The van der Waals surface area contributed by atoms with Crippen LogP contribution in [0.3, 0.4) is 0 Å². The van der Waals surface area contributed by atoms with Crippen molar-refractivity contribution in [2.24, 2.45) is 16.6 Å². The Morgan fingerprint density at radius 1 is 1.21 bits per heavy atom. The maximum absolute atomic E-state index is 12.3. The van der Waals surface area contributed by atoms with Crippen molar-refractivity contribution >= 4 is 44.2 Å². The minimum absolute atomic E-state index is 0.198. The van der Waals surface area contributed by atoms with Crippen LogP contribution in [0.25, 0.3) is 0 Å². The third-order valence-electron chi connectivity index (χ3n) is 3.69. The van der Waals surface area contributed by atoms with Crippen molar-refractivity contribution in [3.05, 3.63) is 35.9 Å². The Hall–Kier alpha value is -2.83. The molecule has 12 heteroatoms. The quantitative estimate of drug-likeness (QED) is 0.316. The number of rotatable bonds is 7. The van der Waals surface area contributed by atoms with Gasteiger partial charge in [0.25, 0.3) is 0 Å². The monoisotopic (exact) mass is 472 g/mol. The van der Waals surface area contributed by atoms with E-state index in [1.54, 1.807) is 0 Å².